The van der Waals surface area contributed by atoms with E-state index in [0.29, 0.717) is 79.4 Å². The smallest absolute Gasteiger partial charge is 0.422 e. The number of anilines is 2. The summed E-state index contributed by atoms with van der Waals surface area (Å²) in [5.41, 5.74) is 0.672. The second-order valence-corrected chi connectivity index (χ2v) is 14.1. The number of halogens is 4. The Bertz CT molecular complexity index is 1360. The number of hydrogen-bond acceptors (Lipinski definition) is 9. The van der Waals surface area contributed by atoms with E-state index in [9.17, 15) is 18.0 Å². The molecule has 0 aliphatic carbocycles. The topological polar surface area (TPSA) is 83.5 Å². The molecule has 0 unspecified atom stereocenters. The van der Waals surface area contributed by atoms with Crippen LogP contribution in [0.15, 0.2) is 10.5 Å². The third kappa shape index (κ3) is 7.87. The number of fused-ring (bicyclic) bond motifs is 1. The number of amides is 1. The number of methoxy groups -OCH3 is 1. The second-order valence-electron chi connectivity index (χ2n) is 13.3. The number of carbonyl (C=O) groups is 1. The third-order valence-electron chi connectivity index (χ3n) is 8.78. The molecule has 5 rings (SSSR count). The van der Waals surface area contributed by atoms with Gasteiger partial charge in [0.25, 0.3) is 0 Å². The fraction of sp³-hybridized carbons (Fsp3) is 0.710. The van der Waals surface area contributed by atoms with E-state index in [4.69, 9.17) is 24.2 Å². The number of carbonyl (C=O) groups excluding carboxylic acids is 1. The van der Waals surface area contributed by atoms with Gasteiger partial charge in [-0.15, -0.1) is 0 Å². The molecule has 0 atom stereocenters. The number of nitrogens with zero attached hydrogens (tertiary/aromatic N) is 6. The molecule has 3 aliphatic heterocycles. The minimum absolute atomic E-state index is 0.0240. The number of likely N-dealkylation sites (tertiary alicyclic amines) is 1. The van der Waals surface area contributed by atoms with Crippen molar-refractivity contribution in [3.8, 4) is 5.75 Å². The normalized spacial score (nSPS) is 19.3. The second kappa shape index (κ2) is 13.3. The van der Waals surface area contributed by atoms with E-state index < -0.39 is 18.4 Å². The van der Waals surface area contributed by atoms with Crippen molar-refractivity contribution in [2.45, 2.75) is 58.7 Å². The van der Waals surface area contributed by atoms with Gasteiger partial charge in [-0.25, -0.2) is 9.78 Å². The maximum Gasteiger partial charge on any atom is 0.422 e. The number of piperidine rings is 1. The first-order chi connectivity index (χ1) is 21.2. The van der Waals surface area contributed by atoms with E-state index in [2.05, 4.69) is 30.6 Å². The number of ether oxygens (including phenoxy) is 3. The number of aromatic nitrogens is 2. The summed E-state index contributed by atoms with van der Waals surface area (Å²) in [5, 5.41) is 0.676. The Morgan fingerprint density at radius 1 is 1.02 bits per heavy atom. The lowest BCUT2D eigenvalue weighted by molar-refractivity contribution is -0.153. The monoisotopic (exact) mass is 700 g/mol. The van der Waals surface area contributed by atoms with Crippen LogP contribution in [0.25, 0.3) is 10.9 Å². The molecule has 1 spiro atoms. The van der Waals surface area contributed by atoms with E-state index in [1.807, 2.05) is 33.8 Å². The van der Waals surface area contributed by atoms with Gasteiger partial charge >= 0.3 is 12.3 Å². The zero-order chi connectivity index (χ0) is 32.6. The van der Waals surface area contributed by atoms with Gasteiger partial charge in [0.15, 0.2) is 12.4 Å². The Morgan fingerprint density at radius 2 is 1.69 bits per heavy atom. The van der Waals surface area contributed by atoms with Crippen LogP contribution in [0.5, 0.6) is 5.75 Å². The maximum absolute atomic E-state index is 13.4. The Kier molecular flexibility index (Phi) is 9.96. The van der Waals surface area contributed by atoms with Gasteiger partial charge in [0, 0.05) is 76.8 Å². The van der Waals surface area contributed by atoms with Gasteiger partial charge in [-0.1, -0.05) is 6.92 Å². The van der Waals surface area contributed by atoms with Gasteiger partial charge in [-0.2, -0.15) is 18.2 Å². The number of rotatable bonds is 8. The van der Waals surface area contributed by atoms with E-state index >= 15 is 0 Å². The third-order valence-corrected chi connectivity index (χ3v) is 9.65. The molecule has 3 aliphatic rings. The van der Waals surface area contributed by atoms with Crippen LogP contribution in [0.4, 0.5) is 29.7 Å². The average Bonchev–Trinajstić information content (AvgIpc) is 2.96. The number of alkyl halides is 3. The molecule has 45 heavy (non-hydrogen) atoms. The standard InChI is InChI=1S/C31H44BrF3N6O4/c1-6-21-17-22-24(25(23(21)32)44-20-31(33,34)35)36-27(40-13-11-38(12-14-40)15-16-43-5)37-26(22)39-9-7-30(8-10-39)18-41(19-30)28(42)45-29(2,3)4/h17H,6-16,18-20H2,1-5H3. The number of aryl methyl sites for hydroxylation is 1. The van der Waals surface area contributed by atoms with Gasteiger partial charge in [0.1, 0.15) is 16.9 Å². The molecule has 1 amide bonds. The highest BCUT2D eigenvalue weighted by Crippen LogP contribution is 2.45. The minimum atomic E-state index is -4.50. The molecule has 1 aromatic carbocycles. The Balaban J connectivity index is 1.44. The van der Waals surface area contributed by atoms with Crippen LogP contribution < -0.4 is 14.5 Å². The van der Waals surface area contributed by atoms with Crippen molar-refractivity contribution in [1.82, 2.24) is 19.8 Å². The van der Waals surface area contributed by atoms with Crippen molar-refractivity contribution in [1.29, 1.82) is 0 Å². The zero-order valence-corrected chi connectivity index (χ0v) is 28.4. The van der Waals surface area contributed by atoms with Crippen LogP contribution in [0.3, 0.4) is 0 Å². The highest BCUT2D eigenvalue weighted by molar-refractivity contribution is 9.10. The SMILES string of the molecule is CCc1cc2c(N3CCC4(CC3)CN(C(=O)OC(C)(C)C)C4)nc(N3CCN(CCOC)CC3)nc2c(OCC(F)(F)F)c1Br. The molecule has 1 aromatic heterocycles. The summed E-state index contributed by atoms with van der Waals surface area (Å²) in [6, 6.07) is 1.97. The van der Waals surface area contributed by atoms with Crippen LogP contribution in [0, 0.1) is 5.41 Å². The predicted molar refractivity (Wildman–Crippen MR) is 170 cm³/mol. The molecule has 14 heteroatoms. The summed E-state index contributed by atoms with van der Waals surface area (Å²) < 4.78 is 56.8. The summed E-state index contributed by atoms with van der Waals surface area (Å²) >= 11 is 3.53. The highest BCUT2D eigenvalue weighted by atomic mass is 79.9. The van der Waals surface area contributed by atoms with Gasteiger partial charge in [-0.3, -0.25) is 4.90 Å². The molecule has 3 saturated heterocycles. The fourth-order valence-electron chi connectivity index (χ4n) is 6.28. The average molecular weight is 702 g/mol. The maximum atomic E-state index is 13.4. The van der Waals surface area contributed by atoms with Crippen molar-refractivity contribution in [3.05, 3.63) is 16.1 Å². The molecule has 2 aromatic rings. The molecule has 0 radical (unpaired) electrons. The van der Waals surface area contributed by atoms with Crippen LogP contribution >= 0.6 is 15.9 Å². The summed E-state index contributed by atoms with van der Waals surface area (Å²) in [6.07, 6.45) is -2.47. The van der Waals surface area contributed by atoms with E-state index in [0.717, 1.165) is 38.0 Å². The molecule has 3 fully saturated rings. The minimum Gasteiger partial charge on any atom is -0.481 e. The van der Waals surface area contributed by atoms with Crippen molar-refractivity contribution >= 4 is 44.7 Å². The largest absolute Gasteiger partial charge is 0.481 e. The summed E-state index contributed by atoms with van der Waals surface area (Å²) in [7, 11) is 1.69. The molecule has 10 nitrogen and oxygen atoms in total. The molecule has 0 saturated carbocycles. The van der Waals surface area contributed by atoms with Crippen LogP contribution in [-0.4, -0.2) is 117 Å². The van der Waals surface area contributed by atoms with Crippen molar-refractivity contribution in [2.75, 3.05) is 89.0 Å². The fourth-order valence-corrected chi connectivity index (χ4v) is 6.98. The lowest BCUT2D eigenvalue weighted by atomic mass is 9.72. The predicted octanol–water partition coefficient (Wildman–Crippen LogP) is 5.50. The van der Waals surface area contributed by atoms with Crippen LogP contribution in [-0.2, 0) is 15.9 Å². The lowest BCUT2D eigenvalue weighted by Crippen LogP contribution is -2.62. The Hall–Kier alpha value is -2.58. The van der Waals surface area contributed by atoms with Crippen LogP contribution in [0.2, 0.25) is 0 Å². The van der Waals surface area contributed by atoms with Gasteiger partial charge in [0.05, 0.1) is 11.1 Å². The van der Waals surface area contributed by atoms with Crippen LogP contribution in [0.1, 0.15) is 46.1 Å². The molecule has 0 N–H and O–H groups in total. The van der Waals surface area contributed by atoms with Crippen molar-refractivity contribution in [2.24, 2.45) is 5.41 Å². The summed E-state index contributed by atoms with van der Waals surface area (Å²) in [6.45, 7) is 13.3. The van der Waals surface area contributed by atoms with Gasteiger partial charge in [0.2, 0.25) is 5.95 Å². The first-order valence-electron chi connectivity index (χ1n) is 15.6. The first-order valence-corrected chi connectivity index (χ1v) is 16.4. The van der Waals surface area contributed by atoms with Gasteiger partial charge < -0.3 is 28.9 Å². The number of hydrogen-bond donors (Lipinski definition) is 0. The molecule has 4 heterocycles. The lowest BCUT2D eigenvalue weighted by Gasteiger charge is -2.53. The van der Waals surface area contributed by atoms with E-state index in [1.165, 1.54) is 0 Å². The Labute approximate surface area is 271 Å². The zero-order valence-electron chi connectivity index (χ0n) is 26.8. The Morgan fingerprint density at radius 3 is 2.27 bits per heavy atom. The van der Waals surface area contributed by atoms with E-state index in [-0.39, 0.29) is 17.3 Å². The number of benzene rings is 1. The molecular weight excluding hydrogens is 657 g/mol. The quantitative estimate of drug-likeness (QED) is 0.355. The molecule has 250 valence electrons. The summed E-state index contributed by atoms with van der Waals surface area (Å²) in [4.78, 5) is 30.9. The molecule has 0 bridgehead atoms. The highest BCUT2D eigenvalue weighted by Gasteiger charge is 2.48. The van der Waals surface area contributed by atoms with Gasteiger partial charge in [-0.05, 0) is 67.6 Å². The summed E-state index contributed by atoms with van der Waals surface area (Å²) in [5.74, 6) is 1.27. The van der Waals surface area contributed by atoms with Crippen molar-refractivity contribution in [3.63, 3.8) is 0 Å². The van der Waals surface area contributed by atoms with E-state index in [1.54, 1.807) is 12.0 Å². The van der Waals surface area contributed by atoms with Crippen molar-refractivity contribution < 1.29 is 32.2 Å². The number of piperazine rings is 1. The first kappa shape index (κ1) is 33.8. The molecular formula is C31H44BrF3N6O4.